The smallest absolute Gasteiger partial charge is 0.220 e. The Morgan fingerprint density at radius 1 is 1.26 bits per heavy atom. The molecule has 0 heterocycles. The number of carbonyl (C=O) groups excluding carboxylic acids is 1. The number of hydrogen-bond donors (Lipinski definition) is 2. The number of ether oxygens (including phenoxy) is 1. The third-order valence-electron chi connectivity index (χ3n) is 3.81. The van der Waals surface area contributed by atoms with Crippen molar-refractivity contribution < 1.29 is 9.53 Å². The van der Waals surface area contributed by atoms with E-state index in [1.165, 1.54) is 19.3 Å². The van der Waals surface area contributed by atoms with Crippen molar-refractivity contribution in [2.45, 2.75) is 63.3 Å². The normalized spacial score (nSPS) is 19.2. The van der Waals surface area contributed by atoms with Crippen LogP contribution in [-0.4, -0.2) is 30.2 Å². The van der Waals surface area contributed by atoms with Gasteiger partial charge in [-0.15, -0.1) is 0 Å². The van der Waals surface area contributed by atoms with Gasteiger partial charge in [0.2, 0.25) is 5.91 Å². The van der Waals surface area contributed by atoms with Crippen LogP contribution >= 0.6 is 12.2 Å². The summed E-state index contributed by atoms with van der Waals surface area (Å²) < 4.78 is 4.96. The molecule has 4 nitrogen and oxygen atoms in total. The van der Waals surface area contributed by atoms with E-state index >= 15 is 0 Å². The molecule has 0 aromatic rings. The second-order valence-electron chi connectivity index (χ2n) is 5.36. The Morgan fingerprint density at radius 3 is 2.37 bits per heavy atom. The molecule has 1 amide bonds. The summed E-state index contributed by atoms with van der Waals surface area (Å²) in [7, 11) is 1.64. The lowest BCUT2D eigenvalue weighted by molar-refractivity contribution is -0.122. The third-order valence-corrected chi connectivity index (χ3v) is 4.20. The van der Waals surface area contributed by atoms with Crippen molar-refractivity contribution in [2.75, 3.05) is 13.7 Å². The molecule has 0 unspecified atom stereocenters. The molecule has 0 aromatic carbocycles. The highest BCUT2D eigenvalue weighted by Crippen LogP contribution is 2.27. The molecule has 0 atom stereocenters. The minimum absolute atomic E-state index is 0.0328. The quantitative estimate of drug-likeness (QED) is 0.581. The highest BCUT2D eigenvalue weighted by molar-refractivity contribution is 7.80. The van der Waals surface area contributed by atoms with Crippen LogP contribution in [0.4, 0.5) is 0 Å². The molecule has 1 aliphatic carbocycles. The molecule has 1 saturated carbocycles. The first kappa shape index (κ1) is 16.4. The van der Waals surface area contributed by atoms with Crippen LogP contribution in [0.15, 0.2) is 0 Å². The average molecular weight is 286 g/mol. The molecule has 0 spiro atoms. The Kier molecular flexibility index (Phi) is 7.31. The summed E-state index contributed by atoms with van der Waals surface area (Å²) in [5, 5.41) is 3.10. The summed E-state index contributed by atoms with van der Waals surface area (Å²) in [5.74, 6) is 0.0328. The van der Waals surface area contributed by atoms with Gasteiger partial charge in [-0.2, -0.15) is 0 Å². The van der Waals surface area contributed by atoms with Gasteiger partial charge in [-0.3, -0.25) is 4.79 Å². The van der Waals surface area contributed by atoms with E-state index in [1.807, 2.05) is 0 Å². The maximum Gasteiger partial charge on any atom is 0.220 e. The Hall–Kier alpha value is -0.680. The number of methoxy groups -OCH3 is 1. The van der Waals surface area contributed by atoms with Crippen LogP contribution in [0.5, 0.6) is 0 Å². The average Bonchev–Trinajstić information content (AvgIpc) is 2.32. The first-order valence-electron chi connectivity index (χ1n) is 7.20. The first-order chi connectivity index (χ1) is 9.10. The molecule has 1 fully saturated rings. The zero-order valence-corrected chi connectivity index (χ0v) is 12.7. The van der Waals surface area contributed by atoms with E-state index in [0.717, 1.165) is 32.1 Å². The Labute approximate surface area is 121 Å². The van der Waals surface area contributed by atoms with E-state index in [-0.39, 0.29) is 5.91 Å². The monoisotopic (exact) mass is 286 g/mol. The lowest BCUT2D eigenvalue weighted by atomic mass is 9.83. The van der Waals surface area contributed by atoms with Crippen molar-refractivity contribution in [1.82, 2.24) is 5.32 Å². The summed E-state index contributed by atoms with van der Waals surface area (Å²) in [4.78, 5) is 12.5. The summed E-state index contributed by atoms with van der Waals surface area (Å²) in [6.07, 6.45) is 8.78. The van der Waals surface area contributed by atoms with E-state index < -0.39 is 5.54 Å². The molecule has 1 aliphatic rings. The maximum absolute atomic E-state index is 12.0. The molecule has 0 saturated heterocycles. The lowest BCUT2D eigenvalue weighted by Crippen LogP contribution is -2.57. The minimum Gasteiger partial charge on any atom is -0.391 e. The Balaban J connectivity index is 2.58. The van der Waals surface area contributed by atoms with E-state index in [0.29, 0.717) is 18.0 Å². The van der Waals surface area contributed by atoms with Gasteiger partial charge in [0, 0.05) is 20.1 Å². The van der Waals surface area contributed by atoms with Gasteiger partial charge in [-0.1, -0.05) is 44.3 Å². The summed E-state index contributed by atoms with van der Waals surface area (Å²) >= 11 is 5.22. The van der Waals surface area contributed by atoms with Gasteiger partial charge < -0.3 is 15.8 Å². The van der Waals surface area contributed by atoms with E-state index in [4.69, 9.17) is 22.7 Å². The minimum atomic E-state index is -0.458. The molecule has 1 rings (SSSR count). The number of nitrogens with one attached hydrogen (secondary N) is 1. The highest BCUT2D eigenvalue weighted by Gasteiger charge is 2.34. The molecule has 0 aliphatic heterocycles. The molecular formula is C14H26N2O2S. The topological polar surface area (TPSA) is 64.3 Å². The van der Waals surface area contributed by atoms with Crippen LogP contribution in [0.25, 0.3) is 0 Å². The highest BCUT2D eigenvalue weighted by atomic mass is 32.1. The number of nitrogens with two attached hydrogens (primary N) is 1. The van der Waals surface area contributed by atoms with Gasteiger partial charge in [0.25, 0.3) is 0 Å². The van der Waals surface area contributed by atoms with Crippen molar-refractivity contribution in [1.29, 1.82) is 0 Å². The van der Waals surface area contributed by atoms with Crippen LogP contribution < -0.4 is 11.1 Å². The third kappa shape index (κ3) is 5.45. The van der Waals surface area contributed by atoms with Crippen LogP contribution in [-0.2, 0) is 9.53 Å². The Bertz CT molecular complexity index is 300. The first-order valence-corrected chi connectivity index (χ1v) is 7.61. The summed E-state index contributed by atoms with van der Waals surface area (Å²) in [5.41, 5.74) is 5.46. The summed E-state index contributed by atoms with van der Waals surface area (Å²) in [6.45, 7) is 0.605. The number of hydrogen-bond acceptors (Lipinski definition) is 3. The Morgan fingerprint density at radius 2 is 1.84 bits per heavy atom. The molecule has 5 heteroatoms. The van der Waals surface area contributed by atoms with Crippen LogP contribution in [0, 0.1) is 0 Å². The van der Waals surface area contributed by atoms with Crippen LogP contribution in [0.1, 0.15) is 57.8 Å². The predicted molar refractivity (Wildman–Crippen MR) is 81.1 cm³/mol. The number of rotatable bonds is 6. The largest absolute Gasteiger partial charge is 0.391 e. The number of thiocarbonyl (C=S) groups is 1. The second kappa shape index (κ2) is 8.48. The predicted octanol–water partition coefficient (Wildman–Crippen LogP) is 2.30. The number of carbonyl (C=O) groups is 1. The van der Waals surface area contributed by atoms with Crippen molar-refractivity contribution in [3.05, 3.63) is 0 Å². The zero-order valence-electron chi connectivity index (χ0n) is 11.9. The van der Waals surface area contributed by atoms with E-state index in [1.54, 1.807) is 7.11 Å². The van der Waals surface area contributed by atoms with Crippen LogP contribution in [0.3, 0.4) is 0 Å². The van der Waals surface area contributed by atoms with Crippen LogP contribution in [0.2, 0.25) is 0 Å². The standard InChI is InChI=1S/C14H26N2O2S/c1-18-11-7-8-12(17)16-14(13(15)19)9-5-3-2-4-6-10-14/h2-11H2,1H3,(H2,15,19)(H,16,17). The van der Waals surface area contributed by atoms with Gasteiger partial charge in [0.05, 0.1) is 10.5 Å². The van der Waals surface area contributed by atoms with Gasteiger partial charge >= 0.3 is 0 Å². The van der Waals surface area contributed by atoms with Gasteiger partial charge in [0.15, 0.2) is 0 Å². The lowest BCUT2D eigenvalue weighted by Gasteiger charge is -2.35. The fourth-order valence-electron chi connectivity index (χ4n) is 2.65. The molecule has 19 heavy (non-hydrogen) atoms. The molecular weight excluding hydrogens is 260 g/mol. The van der Waals surface area contributed by atoms with Crippen molar-refractivity contribution in [2.24, 2.45) is 5.73 Å². The van der Waals surface area contributed by atoms with E-state index in [9.17, 15) is 4.79 Å². The van der Waals surface area contributed by atoms with E-state index in [2.05, 4.69) is 5.32 Å². The molecule has 0 radical (unpaired) electrons. The van der Waals surface area contributed by atoms with Crippen molar-refractivity contribution in [3.63, 3.8) is 0 Å². The van der Waals surface area contributed by atoms with Crippen molar-refractivity contribution in [3.8, 4) is 0 Å². The molecule has 110 valence electrons. The van der Waals surface area contributed by atoms with Gasteiger partial charge in [-0.25, -0.2) is 0 Å². The maximum atomic E-state index is 12.0. The molecule has 0 aromatic heterocycles. The van der Waals surface area contributed by atoms with Crippen molar-refractivity contribution >= 4 is 23.1 Å². The summed E-state index contributed by atoms with van der Waals surface area (Å²) in [6, 6.07) is 0. The van der Waals surface area contributed by atoms with Gasteiger partial charge in [0.1, 0.15) is 0 Å². The fourth-order valence-corrected chi connectivity index (χ4v) is 2.90. The number of amides is 1. The molecule has 3 N–H and O–H groups in total. The fraction of sp³-hybridized carbons (Fsp3) is 0.857. The molecule has 0 bridgehead atoms. The SMILES string of the molecule is COCCCC(=O)NC1(C(N)=S)CCCCCCC1. The zero-order chi connectivity index (χ0) is 14.1. The second-order valence-corrected chi connectivity index (χ2v) is 5.80. The van der Waals surface area contributed by atoms with Gasteiger partial charge in [-0.05, 0) is 19.3 Å².